The summed E-state index contributed by atoms with van der Waals surface area (Å²) in [5.41, 5.74) is 0. The summed E-state index contributed by atoms with van der Waals surface area (Å²) in [6.07, 6.45) is 34.7. The highest BCUT2D eigenvalue weighted by atomic mass is 16.6. The minimum absolute atomic E-state index is 0.148. The average molecular weight is 637 g/mol. The van der Waals surface area contributed by atoms with E-state index in [1.165, 1.54) is 128 Å². The van der Waals surface area contributed by atoms with Crippen molar-refractivity contribution in [2.75, 3.05) is 6.61 Å². The molecule has 2 saturated heterocycles. The highest BCUT2D eigenvalue weighted by Gasteiger charge is 2.37. The first-order valence-electron chi connectivity index (χ1n) is 19.7. The molecule has 0 aromatic heterocycles. The van der Waals surface area contributed by atoms with Gasteiger partial charge in [0.1, 0.15) is 12.7 Å². The molecular weight excluding hydrogens is 564 g/mol. The summed E-state index contributed by atoms with van der Waals surface area (Å²) in [5.74, 6) is -0.375. The minimum atomic E-state index is -0.390. The Bertz CT molecular complexity index is 726. The van der Waals surface area contributed by atoms with E-state index < -0.39 is 0 Å². The van der Waals surface area contributed by atoms with Gasteiger partial charge in [-0.25, -0.2) is 0 Å². The van der Waals surface area contributed by atoms with Crippen LogP contribution in [0.25, 0.3) is 0 Å². The smallest absolute Gasteiger partial charge is 0.306 e. The Morgan fingerprint density at radius 1 is 0.489 bits per heavy atom. The van der Waals surface area contributed by atoms with Crippen LogP contribution < -0.4 is 0 Å². The summed E-state index contributed by atoms with van der Waals surface area (Å²) < 4.78 is 22.5. The first kappa shape index (κ1) is 40.0. The van der Waals surface area contributed by atoms with Crippen molar-refractivity contribution in [2.24, 2.45) is 0 Å². The summed E-state index contributed by atoms with van der Waals surface area (Å²) in [7, 11) is 0. The van der Waals surface area contributed by atoms with Crippen LogP contribution >= 0.6 is 0 Å². The zero-order valence-corrected chi connectivity index (χ0v) is 29.8. The standard InChI is InChI=1S/C39H72O6/c1-4-6-8-10-14-20-26-34-36(44-34)28-22-16-12-18-24-30-38(40)42-32-33(3)43-39(41)31-25-19-13-17-23-29-37-35(45-37)27-21-15-11-9-7-5-2/h33-37H,4-32H2,1-3H3/t33-,34-,35-,36+,37-/m1/s1. The van der Waals surface area contributed by atoms with Crippen LogP contribution in [0.5, 0.6) is 0 Å². The van der Waals surface area contributed by atoms with Gasteiger partial charge in [0, 0.05) is 12.8 Å². The maximum atomic E-state index is 12.1. The van der Waals surface area contributed by atoms with E-state index >= 15 is 0 Å². The normalized spacial score (nSPS) is 21.0. The van der Waals surface area contributed by atoms with E-state index in [9.17, 15) is 9.59 Å². The molecule has 0 N–H and O–H groups in total. The van der Waals surface area contributed by atoms with E-state index in [4.69, 9.17) is 18.9 Å². The summed E-state index contributed by atoms with van der Waals surface area (Å²) in [5, 5.41) is 0. The van der Waals surface area contributed by atoms with Crippen molar-refractivity contribution in [1.29, 1.82) is 0 Å². The molecule has 0 spiro atoms. The van der Waals surface area contributed by atoms with Gasteiger partial charge in [0.05, 0.1) is 24.4 Å². The van der Waals surface area contributed by atoms with E-state index in [2.05, 4.69) is 13.8 Å². The number of carbonyl (C=O) groups is 2. The van der Waals surface area contributed by atoms with Crippen LogP contribution in [0.1, 0.15) is 201 Å². The first-order chi connectivity index (χ1) is 22.0. The SMILES string of the molecule is CCCCCCCC[C@H]1O[C@H]1CCCCCCCC(=O)OC[C@@H](C)OC(=O)CCCCCCC[C@H]1O[C@@H]1CCCCCCCC. The lowest BCUT2D eigenvalue weighted by Crippen LogP contribution is -2.22. The molecule has 2 aliphatic rings. The Balaban J connectivity index is 1.28. The molecular formula is C39H72O6. The first-order valence-corrected chi connectivity index (χ1v) is 19.7. The van der Waals surface area contributed by atoms with Gasteiger partial charge in [0.25, 0.3) is 0 Å². The van der Waals surface area contributed by atoms with E-state index in [1.54, 1.807) is 6.92 Å². The number of carbonyl (C=O) groups excluding carboxylic acids is 2. The zero-order chi connectivity index (χ0) is 32.4. The molecule has 2 aliphatic heterocycles. The van der Waals surface area contributed by atoms with Gasteiger partial charge in [-0.15, -0.1) is 0 Å². The van der Waals surface area contributed by atoms with Gasteiger partial charge in [-0.3, -0.25) is 9.59 Å². The highest BCUT2D eigenvalue weighted by molar-refractivity contribution is 5.70. The number of hydrogen-bond acceptors (Lipinski definition) is 6. The van der Waals surface area contributed by atoms with E-state index in [1.807, 2.05) is 0 Å². The minimum Gasteiger partial charge on any atom is -0.462 e. The molecule has 0 aromatic rings. The van der Waals surface area contributed by atoms with Crippen molar-refractivity contribution in [1.82, 2.24) is 0 Å². The van der Waals surface area contributed by atoms with Crippen molar-refractivity contribution < 1.29 is 28.5 Å². The maximum absolute atomic E-state index is 12.1. The molecule has 264 valence electrons. The molecule has 45 heavy (non-hydrogen) atoms. The fraction of sp³-hybridized carbons (Fsp3) is 0.949. The Morgan fingerprint density at radius 2 is 0.822 bits per heavy atom. The Morgan fingerprint density at radius 3 is 1.22 bits per heavy atom. The number of ether oxygens (including phenoxy) is 4. The zero-order valence-electron chi connectivity index (χ0n) is 29.8. The average Bonchev–Trinajstić information content (AvgIpc) is 3.95. The van der Waals surface area contributed by atoms with Crippen LogP contribution in [0.4, 0.5) is 0 Å². The molecule has 0 saturated carbocycles. The van der Waals surface area contributed by atoms with Crippen molar-refractivity contribution >= 4 is 11.9 Å². The predicted octanol–water partition coefficient (Wildman–Crippen LogP) is 11.0. The molecule has 6 nitrogen and oxygen atoms in total. The second-order valence-corrected chi connectivity index (χ2v) is 14.1. The van der Waals surface area contributed by atoms with E-state index in [-0.39, 0.29) is 24.6 Å². The predicted molar refractivity (Wildman–Crippen MR) is 184 cm³/mol. The Hall–Kier alpha value is -1.14. The number of hydrogen-bond donors (Lipinski definition) is 0. The fourth-order valence-corrected chi connectivity index (χ4v) is 6.52. The van der Waals surface area contributed by atoms with E-state index in [0.717, 1.165) is 38.5 Å². The van der Waals surface area contributed by atoms with Crippen LogP contribution in [-0.4, -0.2) is 49.1 Å². The van der Waals surface area contributed by atoms with Crippen molar-refractivity contribution in [3.63, 3.8) is 0 Å². The monoisotopic (exact) mass is 637 g/mol. The topological polar surface area (TPSA) is 77.7 Å². The molecule has 2 heterocycles. The lowest BCUT2D eigenvalue weighted by molar-refractivity contribution is -0.158. The Kier molecular flexibility index (Phi) is 23.9. The van der Waals surface area contributed by atoms with Gasteiger partial charge in [-0.2, -0.15) is 0 Å². The molecule has 0 aromatic carbocycles. The van der Waals surface area contributed by atoms with Crippen LogP contribution in [0, 0.1) is 0 Å². The molecule has 0 unspecified atom stereocenters. The molecule has 6 heteroatoms. The number of unbranched alkanes of at least 4 members (excludes halogenated alkanes) is 18. The second-order valence-electron chi connectivity index (χ2n) is 14.1. The molecule has 2 rings (SSSR count). The van der Waals surface area contributed by atoms with Gasteiger partial charge in [0.15, 0.2) is 0 Å². The summed E-state index contributed by atoms with van der Waals surface area (Å²) in [6.45, 7) is 6.48. The quantitative estimate of drug-likeness (QED) is 0.0405. The van der Waals surface area contributed by atoms with Gasteiger partial charge in [-0.05, 0) is 45.4 Å². The molecule has 2 fully saturated rings. The van der Waals surface area contributed by atoms with E-state index in [0.29, 0.717) is 37.3 Å². The third kappa shape index (κ3) is 22.9. The van der Waals surface area contributed by atoms with Gasteiger partial charge >= 0.3 is 11.9 Å². The third-order valence-corrected chi connectivity index (χ3v) is 9.61. The third-order valence-electron chi connectivity index (χ3n) is 9.61. The van der Waals surface area contributed by atoms with Gasteiger partial charge in [-0.1, -0.05) is 142 Å². The number of epoxide rings is 2. The molecule has 0 aliphatic carbocycles. The highest BCUT2D eigenvalue weighted by Crippen LogP contribution is 2.33. The van der Waals surface area contributed by atoms with Crippen LogP contribution in [0.3, 0.4) is 0 Å². The fourth-order valence-electron chi connectivity index (χ4n) is 6.52. The van der Waals surface area contributed by atoms with Crippen LogP contribution in [0.2, 0.25) is 0 Å². The molecule has 5 atom stereocenters. The van der Waals surface area contributed by atoms with Gasteiger partial charge in [0.2, 0.25) is 0 Å². The number of rotatable bonds is 33. The van der Waals surface area contributed by atoms with Crippen molar-refractivity contribution in [2.45, 2.75) is 231 Å². The lowest BCUT2D eigenvalue weighted by Gasteiger charge is -2.13. The lowest BCUT2D eigenvalue weighted by atomic mass is 10.0. The number of esters is 2. The van der Waals surface area contributed by atoms with Crippen molar-refractivity contribution in [3.05, 3.63) is 0 Å². The molecule has 0 bridgehead atoms. The van der Waals surface area contributed by atoms with Crippen molar-refractivity contribution in [3.8, 4) is 0 Å². The Labute approximate surface area is 277 Å². The second kappa shape index (κ2) is 26.9. The largest absolute Gasteiger partial charge is 0.462 e. The van der Waals surface area contributed by atoms with Crippen LogP contribution in [0.15, 0.2) is 0 Å². The summed E-state index contributed by atoms with van der Waals surface area (Å²) in [6, 6.07) is 0. The van der Waals surface area contributed by atoms with Crippen LogP contribution in [-0.2, 0) is 28.5 Å². The molecule has 0 amide bonds. The van der Waals surface area contributed by atoms with Gasteiger partial charge < -0.3 is 18.9 Å². The molecule has 0 radical (unpaired) electrons. The summed E-state index contributed by atoms with van der Waals surface area (Å²) in [4.78, 5) is 24.2. The maximum Gasteiger partial charge on any atom is 0.306 e. The summed E-state index contributed by atoms with van der Waals surface area (Å²) >= 11 is 0.